The lowest BCUT2D eigenvalue weighted by Gasteiger charge is -2.02. The van der Waals surface area contributed by atoms with Gasteiger partial charge in [0.05, 0.1) is 6.61 Å². The van der Waals surface area contributed by atoms with Gasteiger partial charge in [0.2, 0.25) is 0 Å². The fourth-order valence-electron chi connectivity index (χ4n) is 0.808. The standard InChI is InChI=1S/C8H14O2.C7H12O2/c1-6(2)4-5-7(3)8(9)10;1-4-7(8)9-5-6(2)3/h5-6H,4H2,1-3H3,(H,9,10);4,6H,1,5H2,2-3H3. The van der Waals surface area contributed by atoms with Crippen molar-refractivity contribution in [1.29, 1.82) is 0 Å². The number of hydrogen-bond donors (Lipinski definition) is 1. The SMILES string of the molecule is C=CC(=O)OCC(C)C.CC(=CCC(C)C)C(=O)O. The summed E-state index contributed by atoms with van der Waals surface area (Å²) in [5, 5.41) is 8.43. The van der Waals surface area contributed by atoms with Crippen molar-refractivity contribution < 1.29 is 19.4 Å². The van der Waals surface area contributed by atoms with Gasteiger partial charge in [0, 0.05) is 11.6 Å². The van der Waals surface area contributed by atoms with Crippen molar-refractivity contribution in [1.82, 2.24) is 0 Å². The zero-order valence-corrected chi connectivity index (χ0v) is 12.6. The highest BCUT2D eigenvalue weighted by atomic mass is 16.5. The van der Waals surface area contributed by atoms with E-state index in [0.717, 1.165) is 6.42 Å². The molecule has 0 saturated heterocycles. The predicted molar refractivity (Wildman–Crippen MR) is 76.8 cm³/mol. The van der Waals surface area contributed by atoms with E-state index in [9.17, 15) is 9.59 Å². The van der Waals surface area contributed by atoms with Crippen LogP contribution in [0.25, 0.3) is 0 Å². The van der Waals surface area contributed by atoms with E-state index in [0.29, 0.717) is 24.0 Å². The summed E-state index contributed by atoms with van der Waals surface area (Å²) in [5.41, 5.74) is 0.439. The molecular formula is C15H26O4. The molecule has 4 heteroatoms. The third-order valence-electron chi connectivity index (χ3n) is 1.96. The monoisotopic (exact) mass is 270 g/mol. The number of carbonyl (C=O) groups excluding carboxylic acids is 1. The maximum atomic E-state index is 10.4. The van der Waals surface area contributed by atoms with Gasteiger partial charge in [-0.05, 0) is 25.2 Å². The molecule has 4 nitrogen and oxygen atoms in total. The largest absolute Gasteiger partial charge is 0.478 e. The molecule has 0 aromatic heterocycles. The van der Waals surface area contributed by atoms with Gasteiger partial charge in [0.15, 0.2) is 0 Å². The first-order valence-electron chi connectivity index (χ1n) is 6.39. The summed E-state index contributed by atoms with van der Waals surface area (Å²) >= 11 is 0. The minimum absolute atomic E-state index is 0.344. The number of carbonyl (C=O) groups is 2. The van der Waals surface area contributed by atoms with Crippen molar-refractivity contribution in [3.8, 4) is 0 Å². The van der Waals surface area contributed by atoms with E-state index < -0.39 is 5.97 Å². The van der Waals surface area contributed by atoms with Gasteiger partial charge in [-0.1, -0.05) is 40.3 Å². The lowest BCUT2D eigenvalue weighted by Crippen LogP contribution is -2.06. The molecule has 0 rings (SSSR count). The molecule has 0 saturated carbocycles. The fraction of sp³-hybridized carbons (Fsp3) is 0.600. The average Bonchev–Trinajstić information content (AvgIpc) is 2.33. The maximum absolute atomic E-state index is 10.4. The summed E-state index contributed by atoms with van der Waals surface area (Å²) in [5.74, 6) is -0.229. The number of allylic oxidation sites excluding steroid dienone is 1. The number of rotatable bonds is 6. The van der Waals surface area contributed by atoms with Gasteiger partial charge in [-0.15, -0.1) is 0 Å². The van der Waals surface area contributed by atoms with Crippen LogP contribution in [0.4, 0.5) is 0 Å². The first-order valence-corrected chi connectivity index (χ1v) is 6.39. The molecule has 0 radical (unpaired) electrons. The van der Waals surface area contributed by atoms with Gasteiger partial charge in [0.25, 0.3) is 0 Å². The Labute approximate surface area is 116 Å². The number of esters is 1. The van der Waals surface area contributed by atoms with Crippen LogP contribution in [0.2, 0.25) is 0 Å². The maximum Gasteiger partial charge on any atom is 0.330 e. The molecule has 0 heterocycles. The quantitative estimate of drug-likeness (QED) is 0.593. The molecule has 0 aliphatic rings. The van der Waals surface area contributed by atoms with Crippen LogP contribution in [0, 0.1) is 11.8 Å². The van der Waals surface area contributed by atoms with Crippen LogP contribution in [0.3, 0.4) is 0 Å². The summed E-state index contributed by atoms with van der Waals surface area (Å²) in [4.78, 5) is 20.6. The lowest BCUT2D eigenvalue weighted by atomic mass is 10.1. The Morgan fingerprint density at radius 1 is 1.21 bits per heavy atom. The first kappa shape index (κ1) is 19.8. The summed E-state index contributed by atoms with van der Waals surface area (Å²) in [7, 11) is 0. The Hall–Kier alpha value is -1.58. The van der Waals surface area contributed by atoms with Crippen molar-refractivity contribution in [3.05, 3.63) is 24.3 Å². The number of carboxylic acids is 1. The third kappa shape index (κ3) is 16.4. The Morgan fingerprint density at radius 2 is 1.74 bits per heavy atom. The van der Waals surface area contributed by atoms with Crippen LogP contribution >= 0.6 is 0 Å². The van der Waals surface area contributed by atoms with Crippen LogP contribution in [0.1, 0.15) is 41.0 Å². The van der Waals surface area contributed by atoms with E-state index in [2.05, 4.69) is 20.4 Å². The van der Waals surface area contributed by atoms with Gasteiger partial charge >= 0.3 is 11.9 Å². The number of carboxylic acid groups (broad SMARTS) is 1. The average molecular weight is 270 g/mol. The Balaban J connectivity index is 0. The minimum atomic E-state index is -0.819. The second-order valence-electron chi connectivity index (χ2n) is 5.05. The summed E-state index contributed by atoms with van der Waals surface area (Å²) < 4.78 is 4.70. The van der Waals surface area contributed by atoms with E-state index in [1.807, 2.05) is 13.8 Å². The number of ether oxygens (including phenoxy) is 1. The normalized spacial score (nSPS) is 10.8. The van der Waals surface area contributed by atoms with Crippen molar-refractivity contribution in [2.75, 3.05) is 6.61 Å². The van der Waals surface area contributed by atoms with Crippen LogP contribution in [-0.4, -0.2) is 23.7 Å². The summed E-state index contributed by atoms with van der Waals surface area (Å²) in [6, 6.07) is 0. The van der Waals surface area contributed by atoms with E-state index in [4.69, 9.17) is 9.84 Å². The molecule has 0 unspecified atom stereocenters. The molecule has 0 aromatic rings. The summed E-state index contributed by atoms with van der Waals surface area (Å²) in [6.45, 7) is 13.4. The molecule has 19 heavy (non-hydrogen) atoms. The molecule has 0 fully saturated rings. The number of hydrogen-bond acceptors (Lipinski definition) is 3. The van der Waals surface area contributed by atoms with Gasteiger partial charge in [-0.25, -0.2) is 9.59 Å². The van der Waals surface area contributed by atoms with E-state index in [-0.39, 0.29) is 5.97 Å². The molecule has 0 aliphatic carbocycles. The van der Waals surface area contributed by atoms with Crippen molar-refractivity contribution in [2.45, 2.75) is 41.0 Å². The number of aliphatic carboxylic acids is 1. The van der Waals surface area contributed by atoms with E-state index >= 15 is 0 Å². The molecule has 0 aromatic carbocycles. The molecule has 1 N–H and O–H groups in total. The smallest absolute Gasteiger partial charge is 0.330 e. The van der Waals surface area contributed by atoms with Crippen molar-refractivity contribution in [2.24, 2.45) is 11.8 Å². The molecule has 0 spiro atoms. The zero-order valence-electron chi connectivity index (χ0n) is 12.6. The fourth-order valence-corrected chi connectivity index (χ4v) is 0.808. The Kier molecular flexibility index (Phi) is 12.0. The lowest BCUT2D eigenvalue weighted by molar-refractivity contribution is -0.138. The second-order valence-corrected chi connectivity index (χ2v) is 5.05. The van der Waals surface area contributed by atoms with E-state index in [1.165, 1.54) is 6.08 Å². The van der Waals surface area contributed by atoms with E-state index in [1.54, 1.807) is 13.0 Å². The Morgan fingerprint density at radius 3 is 2.05 bits per heavy atom. The van der Waals surface area contributed by atoms with Crippen molar-refractivity contribution in [3.63, 3.8) is 0 Å². The van der Waals surface area contributed by atoms with Gasteiger partial charge in [-0.2, -0.15) is 0 Å². The molecule has 0 aliphatic heterocycles. The summed E-state index contributed by atoms with van der Waals surface area (Å²) in [6.07, 6.45) is 3.77. The molecular weight excluding hydrogens is 244 g/mol. The molecule has 0 amide bonds. The molecule has 0 atom stereocenters. The second kappa shape index (κ2) is 11.5. The highest BCUT2D eigenvalue weighted by Crippen LogP contribution is 2.03. The topological polar surface area (TPSA) is 63.6 Å². The zero-order chi connectivity index (χ0) is 15.4. The highest BCUT2D eigenvalue weighted by molar-refractivity contribution is 5.85. The van der Waals surface area contributed by atoms with Crippen molar-refractivity contribution >= 4 is 11.9 Å². The van der Waals surface area contributed by atoms with Gasteiger partial charge in [0.1, 0.15) is 0 Å². The minimum Gasteiger partial charge on any atom is -0.478 e. The molecule has 0 bridgehead atoms. The third-order valence-corrected chi connectivity index (χ3v) is 1.96. The van der Waals surface area contributed by atoms with Crippen LogP contribution in [0.5, 0.6) is 0 Å². The predicted octanol–water partition coefficient (Wildman–Crippen LogP) is 3.44. The van der Waals surface area contributed by atoms with Gasteiger partial charge < -0.3 is 9.84 Å². The first-order chi connectivity index (χ1) is 8.70. The van der Waals surface area contributed by atoms with Crippen LogP contribution < -0.4 is 0 Å². The van der Waals surface area contributed by atoms with Crippen LogP contribution in [-0.2, 0) is 14.3 Å². The highest BCUT2D eigenvalue weighted by Gasteiger charge is 1.98. The molecule has 110 valence electrons. The Bertz CT molecular complexity index is 314. The van der Waals surface area contributed by atoms with Gasteiger partial charge in [-0.3, -0.25) is 0 Å². The van der Waals surface area contributed by atoms with Crippen LogP contribution in [0.15, 0.2) is 24.3 Å².